The van der Waals surface area contributed by atoms with Crippen molar-refractivity contribution in [2.45, 2.75) is 125 Å². The highest BCUT2D eigenvalue weighted by molar-refractivity contribution is 6.10. The van der Waals surface area contributed by atoms with Gasteiger partial charge in [0.15, 0.2) is 0 Å². The number of anilines is 2. The standard InChI is InChI=1S/C70H76N4O/c1-46(2)58-29-22-30-59(47(3)4)66(58)48-37-55(73-45-72(44-64(73)68(8,9)10)54-28-21-27-52(39-54)69(11,12)49-23-17-15-18-24-49)42-57(38-48)75-56-32-33-60-61-40-53(70(13,14)50-25-19-16-20-26-50)31-34-62(61)74(63(60)43-56)65-41-51(35-36-71-65)67(5,6)7/h15-44,46-47H,45H2,1-14H3. The number of fused-ring (bicyclic) bond motifs is 3. The molecule has 7 aromatic carbocycles. The molecule has 0 N–H and O–H groups in total. The highest BCUT2D eigenvalue weighted by atomic mass is 16.5. The number of pyridine rings is 1. The summed E-state index contributed by atoms with van der Waals surface area (Å²) in [7, 11) is 0. The predicted molar refractivity (Wildman–Crippen MR) is 318 cm³/mol. The maximum atomic E-state index is 7.28. The Hall–Kier alpha value is -7.37. The molecule has 0 amide bonds. The van der Waals surface area contributed by atoms with Gasteiger partial charge in [-0.15, -0.1) is 0 Å². The average molecular weight is 989 g/mol. The zero-order valence-electron chi connectivity index (χ0n) is 46.9. The number of allylic oxidation sites excluding steroid dienone is 1. The third-order valence-electron chi connectivity index (χ3n) is 15.9. The fraction of sp³-hybridized carbons (Fsp3) is 0.300. The van der Waals surface area contributed by atoms with Gasteiger partial charge in [-0.05, 0) is 128 Å². The van der Waals surface area contributed by atoms with Gasteiger partial charge in [0.25, 0.3) is 0 Å². The molecule has 0 aliphatic carbocycles. The lowest BCUT2D eigenvalue weighted by Gasteiger charge is -2.32. The molecule has 0 fully saturated rings. The molecule has 1 aliphatic rings. The molecular formula is C70H76N4O. The van der Waals surface area contributed by atoms with Gasteiger partial charge in [-0.2, -0.15) is 0 Å². The Bertz CT molecular complexity index is 3550. The third kappa shape index (κ3) is 9.79. The van der Waals surface area contributed by atoms with E-state index in [1.54, 1.807) is 0 Å². The summed E-state index contributed by atoms with van der Waals surface area (Å²) in [4.78, 5) is 9.99. The van der Waals surface area contributed by atoms with Gasteiger partial charge in [-0.25, -0.2) is 4.98 Å². The number of benzene rings is 7. The summed E-state index contributed by atoms with van der Waals surface area (Å²) in [6, 6.07) is 62.5. The first-order valence-corrected chi connectivity index (χ1v) is 27.1. The highest BCUT2D eigenvalue weighted by Gasteiger charge is 2.34. The van der Waals surface area contributed by atoms with Gasteiger partial charge in [0.05, 0.1) is 17.7 Å². The van der Waals surface area contributed by atoms with Gasteiger partial charge in [0.2, 0.25) is 0 Å². The molecule has 0 saturated carbocycles. The van der Waals surface area contributed by atoms with Crippen molar-refractivity contribution in [3.8, 4) is 28.4 Å². The maximum absolute atomic E-state index is 7.28. The van der Waals surface area contributed by atoms with Crippen molar-refractivity contribution in [3.63, 3.8) is 0 Å². The zero-order valence-corrected chi connectivity index (χ0v) is 46.9. The topological polar surface area (TPSA) is 33.5 Å². The lowest BCUT2D eigenvalue weighted by Crippen LogP contribution is -2.30. The Morgan fingerprint density at radius 1 is 0.467 bits per heavy atom. The molecule has 3 heterocycles. The Kier molecular flexibility index (Phi) is 13.2. The van der Waals surface area contributed by atoms with Crippen LogP contribution in [0.15, 0.2) is 188 Å². The van der Waals surface area contributed by atoms with E-state index in [2.05, 4.69) is 287 Å². The van der Waals surface area contributed by atoms with Crippen LogP contribution in [0.5, 0.6) is 11.5 Å². The molecule has 0 radical (unpaired) electrons. The van der Waals surface area contributed by atoms with Gasteiger partial charge in [-0.3, -0.25) is 4.57 Å². The number of aromatic nitrogens is 2. The van der Waals surface area contributed by atoms with Crippen LogP contribution in [-0.2, 0) is 16.2 Å². The van der Waals surface area contributed by atoms with Crippen LogP contribution < -0.4 is 14.5 Å². The molecule has 0 unspecified atom stereocenters. The van der Waals surface area contributed by atoms with Crippen molar-refractivity contribution in [3.05, 3.63) is 227 Å². The smallest absolute Gasteiger partial charge is 0.137 e. The largest absolute Gasteiger partial charge is 0.457 e. The molecule has 5 nitrogen and oxygen atoms in total. The molecule has 10 rings (SSSR count). The molecule has 0 saturated heterocycles. The second kappa shape index (κ2) is 19.4. The SMILES string of the molecule is CC(C)c1cccc(C(C)C)c1-c1cc(Oc2ccc3c4cc(C(C)(C)c5ccccc5)ccc4n(-c4cc(C(C)(C)C)ccn4)c3c2)cc(N2CN(c3cccc(C(C)(C)c4ccccc4)c3)C=C2C(C)(C)C)c1. The molecule has 0 spiro atoms. The van der Waals surface area contributed by atoms with Crippen LogP contribution in [0.2, 0.25) is 0 Å². The van der Waals surface area contributed by atoms with Crippen molar-refractivity contribution >= 4 is 33.2 Å². The number of nitrogens with zero attached hydrogens (tertiary/aromatic N) is 4. The van der Waals surface area contributed by atoms with Crippen LogP contribution in [0.25, 0.3) is 38.8 Å². The van der Waals surface area contributed by atoms with E-state index in [4.69, 9.17) is 9.72 Å². The second-order valence-corrected chi connectivity index (χ2v) is 24.7. The van der Waals surface area contributed by atoms with E-state index in [0.29, 0.717) is 18.5 Å². The Morgan fingerprint density at radius 2 is 1.08 bits per heavy atom. The van der Waals surface area contributed by atoms with E-state index < -0.39 is 0 Å². The van der Waals surface area contributed by atoms with Crippen molar-refractivity contribution in [2.24, 2.45) is 5.41 Å². The van der Waals surface area contributed by atoms with Crippen LogP contribution >= 0.6 is 0 Å². The Labute approximate surface area is 447 Å². The molecule has 0 bridgehead atoms. The van der Waals surface area contributed by atoms with Crippen molar-refractivity contribution in [1.29, 1.82) is 0 Å². The summed E-state index contributed by atoms with van der Waals surface area (Å²) in [5, 5.41) is 2.34. The van der Waals surface area contributed by atoms with Crippen LogP contribution in [0.3, 0.4) is 0 Å². The summed E-state index contributed by atoms with van der Waals surface area (Å²) in [6.07, 6.45) is 4.32. The number of hydrogen-bond acceptors (Lipinski definition) is 4. The first-order valence-electron chi connectivity index (χ1n) is 27.1. The quantitative estimate of drug-likeness (QED) is 0.122. The van der Waals surface area contributed by atoms with E-state index in [1.165, 1.54) is 61.3 Å². The van der Waals surface area contributed by atoms with Crippen LogP contribution in [0, 0.1) is 5.41 Å². The van der Waals surface area contributed by atoms with Crippen LogP contribution in [-0.4, -0.2) is 16.2 Å². The summed E-state index contributed by atoms with van der Waals surface area (Å²) < 4.78 is 9.61. The molecular weight excluding hydrogens is 913 g/mol. The maximum Gasteiger partial charge on any atom is 0.137 e. The lowest BCUT2D eigenvalue weighted by atomic mass is 9.78. The first-order chi connectivity index (χ1) is 35.6. The molecule has 2 aromatic heterocycles. The van der Waals surface area contributed by atoms with Gasteiger partial charge < -0.3 is 14.5 Å². The normalized spacial score (nSPS) is 13.7. The Morgan fingerprint density at radius 3 is 1.69 bits per heavy atom. The van der Waals surface area contributed by atoms with E-state index in [1.807, 2.05) is 6.20 Å². The summed E-state index contributed by atoms with van der Waals surface area (Å²) in [5.74, 6) is 3.08. The van der Waals surface area contributed by atoms with E-state index in [9.17, 15) is 0 Å². The van der Waals surface area contributed by atoms with E-state index in [0.717, 1.165) is 45.0 Å². The minimum Gasteiger partial charge on any atom is -0.457 e. The summed E-state index contributed by atoms with van der Waals surface area (Å²) in [5.41, 5.74) is 16.5. The molecule has 9 aromatic rings. The molecule has 0 atom stereocenters. The summed E-state index contributed by atoms with van der Waals surface area (Å²) in [6.45, 7) is 32.9. The highest BCUT2D eigenvalue weighted by Crippen LogP contribution is 2.46. The minimum atomic E-state index is -0.207. The first kappa shape index (κ1) is 51.1. The fourth-order valence-electron chi connectivity index (χ4n) is 11.2. The molecule has 5 heteroatoms. The number of hydrogen-bond donors (Lipinski definition) is 0. The average Bonchev–Trinajstić information content (AvgIpc) is 4.00. The lowest BCUT2D eigenvalue weighted by molar-refractivity contribution is 0.481. The van der Waals surface area contributed by atoms with E-state index in [-0.39, 0.29) is 21.7 Å². The van der Waals surface area contributed by atoms with Crippen LogP contribution in [0.4, 0.5) is 11.4 Å². The Balaban J connectivity index is 1.12. The molecule has 382 valence electrons. The van der Waals surface area contributed by atoms with Gasteiger partial charge in [0.1, 0.15) is 17.3 Å². The monoisotopic (exact) mass is 989 g/mol. The van der Waals surface area contributed by atoms with Gasteiger partial charge >= 0.3 is 0 Å². The fourth-order valence-corrected chi connectivity index (χ4v) is 11.2. The molecule has 1 aliphatic heterocycles. The van der Waals surface area contributed by atoms with Crippen LogP contribution in [0.1, 0.15) is 148 Å². The van der Waals surface area contributed by atoms with Gasteiger partial charge in [-0.1, -0.05) is 194 Å². The second-order valence-electron chi connectivity index (χ2n) is 24.7. The molecule has 75 heavy (non-hydrogen) atoms. The van der Waals surface area contributed by atoms with Gasteiger partial charge in [0, 0.05) is 68.6 Å². The van der Waals surface area contributed by atoms with Crippen molar-refractivity contribution in [1.82, 2.24) is 9.55 Å². The van der Waals surface area contributed by atoms with Crippen molar-refractivity contribution in [2.75, 3.05) is 16.5 Å². The third-order valence-corrected chi connectivity index (χ3v) is 15.9. The van der Waals surface area contributed by atoms with E-state index >= 15 is 0 Å². The predicted octanol–water partition coefficient (Wildman–Crippen LogP) is 19.0. The zero-order chi connectivity index (χ0) is 53.2. The summed E-state index contributed by atoms with van der Waals surface area (Å²) >= 11 is 0. The number of rotatable bonds is 12. The number of ether oxygens (including phenoxy) is 1. The van der Waals surface area contributed by atoms with Crippen molar-refractivity contribution < 1.29 is 4.74 Å². The minimum absolute atomic E-state index is 0.0539.